The number of hydrogen-bond acceptors (Lipinski definition) is 4. The number of nitro groups is 1. The van der Waals surface area contributed by atoms with Gasteiger partial charge in [0.05, 0.1) is 11.5 Å². The highest BCUT2D eigenvalue weighted by atomic mass is 79.9. The summed E-state index contributed by atoms with van der Waals surface area (Å²) in [6.07, 6.45) is 0. The first-order valence-corrected chi connectivity index (χ1v) is 6.14. The number of nitrogens with zero attached hydrogens (tertiary/aromatic N) is 1. The number of nitro benzene ring substituents is 1. The zero-order valence-corrected chi connectivity index (χ0v) is 11.1. The Bertz CT molecular complexity index is 459. The molecule has 6 heteroatoms. The Morgan fingerprint density at radius 3 is 2.65 bits per heavy atom. The van der Waals surface area contributed by atoms with Crippen LogP contribution >= 0.6 is 15.9 Å². The van der Waals surface area contributed by atoms with E-state index in [1.807, 2.05) is 0 Å². The number of benzene rings is 1. The Morgan fingerprint density at radius 1 is 1.53 bits per heavy atom. The number of aryl methyl sites for hydroxylation is 1. The number of ether oxygens (including phenoxy) is 1. The van der Waals surface area contributed by atoms with Crippen molar-refractivity contribution in [2.75, 3.05) is 6.61 Å². The van der Waals surface area contributed by atoms with Gasteiger partial charge in [-0.15, -0.1) is 0 Å². The Labute approximate surface area is 107 Å². The second-order valence-corrected chi connectivity index (χ2v) is 3.99. The van der Waals surface area contributed by atoms with Crippen LogP contribution in [0.5, 0.6) is 0 Å². The molecule has 5 nitrogen and oxygen atoms in total. The highest BCUT2D eigenvalue weighted by Crippen LogP contribution is 2.28. The van der Waals surface area contributed by atoms with Crippen LogP contribution < -0.4 is 0 Å². The molecule has 0 N–H and O–H groups in total. The summed E-state index contributed by atoms with van der Waals surface area (Å²) in [6, 6.07) is 3.15. The molecule has 0 aliphatic heterocycles. The van der Waals surface area contributed by atoms with Gasteiger partial charge in [0.2, 0.25) is 0 Å². The zero-order valence-electron chi connectivity index (χ0n) is 9.53. The Morgan fingerprint density at radius 2 is 2.18 bits per heavy atom. The quantitative estimate of drug-likeness (QED) is 0.371. The van der Waals surface area contributed by atoms with Gasteiger partial charge in [-0.25, -0.2) is 4.79 Å². The smallest absolute Gasteiger partial charge is 0.345 e. The minimum Gasteiger partial charge on any atom is -0.462 e. The van der Waals surface area contributed by atoms with Crippen molar-refractivity contribution in [2.45, 2.75) is 19.2 Å². The molecule has 0 bridgehead atoms. The van der Waals surface area contributed by atoms with Crippen molar-refractivity contribution in [3.05, 3.63) is 38.9 Å². The Kier molecular flexibility index (Phi) is 4.62. The molecule has 92 valence electrons. The zero-order chi connectivity index (χ0) is 13.0. The van der Waals surface area contributed by atoms with Gasteiger partial charge in [0.15, 0.2) is 0 Å². The van der Waals surface area contributed by atoms with Crippen LogP contribution in [-0.4, -0.2) is 17.5 Å². The lowest BCUT2D eigenvalue weighted by Crippen LogP contribution is -2.10. The van der Waals surface area contributed by atoms with Crippen LogP contribution in [0.15, 0.2) is 12.1 Å². The van der Waals surface area contributed by atoms with E-state index >= 15 is 0 Å². The number of esters is 1. The minimum atomic E-state index is -0.662. The maximum atomic E-state index is 11.6. The fourth-order valence-corrected chi connectivity index (χ4v) is 1.96. The summed E-state index contributed by atoms with van der Waals surface area (Å²) in [4.78, 5) is 22.1. The van der Waals surface area contributed by atoms with Crippen LogP contribution in [-0.2, 0) is 10.1 Å². The molecular weight excluding hydrogens is 290 g/mol. The molecule has 0 unspecified atom stereocenters. The van der Waals surface area contributed by atoms with Crippen LogP contribution in [0, 0.1) is 17.0 Å². The summed E-state index contributed by atoms with van der Waals surface area (Å²) in [5.41, 5.74) is 1.07. The normalized spacial score (nSPS) is 10.1. The van der Waals surface area contributed by atoms with E-state index in [2.05, 4.69) is 15.9 Å². The van der Waals surface area contributed by atoms with E-state index in [1.54, 1.807) is 19.9 Å². The van der Waals surface area contributed by atoms with E-state index in [4.69, 9.17) is 4.74 Å². The molecule has 0 aliphatic carbocycles. The molecule has 0 saturated carbocycles. The molecule has 0 saturated heterocycles. The largest absolute Gasteiger partial charge is 0.462 e. The molecule has 0 heterocycles. The van der Waals surface area contributed by atoms with Crippen molar-refractivity contribution in [3.63, 3.8) is 0 Å². The van der Waals surface area contributed by atoms with Gasteiger partial charge in [-0.3, -0.25) is 10.1 Å². The van der Waals surface area contributed by atoms with Crippen molar-refractivity contribution in [3.8, 4) is 0 Å². The van der Waals surface area contributed by atoms with Gasteiger partial charge in [0.25, 0.3) is 5.69 Å². The molecule has 1 aromatic rings. The number of halogens is 1. The Balaban J connectivity index is 3.40. The molecule has 17 heavy (non-hydrogen) atoms. The van der Waals surface area contributed by atoms with Gasteiger partial charge in [0.1, 0.15) is 5.56 Å². The number of rotatable bonds is 4. The summed E-state index contributed by atoms with van der Waals surface area (Å²) < 4.78 is 4.81. The highest BCUT2D eigenvalue weighted by Gasteiger charge is 2.25. The van der Waals surface area contributed by atoms with Gasteiger partial charge < -0.3 is 4.74 Å². The lowest BCUT2D eigenvalue weighted by molar-refractivity contribution is -0.385. The summed E-state index contributed by atoms with van der Waals surface area (Å²) in [6.45, 7) is 3.62. The standard InChI is InChI=1S/C11H12BrNO4/c1-3-17-11(14)9-5-7(2)4-8(6-12)10(9)13(15)16/h4-5H,3,6H2,1-2H3. The fraction of sp³-hybridized carbons (Fsp3) is 0.364. The van der Waals surface area contributed by atoms with Gasteiger partial charge in [-0.05, 0) is 31.5 Å². The number of hydrogen-bond donors (Lipinski definition) is 0. The molecule has 0 spiro atoms. The van der Waals surface area contributed by atoms with E-state index in [0.29, 0.717) is 10.9 Å². The van der Waals surface area contributed by atoms with Gasteiger partial charge in [0, 0.05) is 10.9 Å². The second kappa shape index (κ2) is 5.77. The molecule has 1 aromatic carbocycles. The average Bonchev–Trinajstić information content (AvgIpc) is 2.27. The first-order chi connectivity index (χ1) is 8.01. The minimum absolute atomic E-state index is 0.00583. The first kappa shape index (κ1) is 13.6. The maximum Gasteiger partial charge on any atom is 0.345 e. The van der Waals surface area contributed by atoms with E-state index in [0.717, 1.165) is 5.56 Å². The van der Waals surface area contributed by atoms with Crippen molar-refractivity contribution in [1.29, 1.82) is 0 Å². The van der Waals surface area contributed by atoms with E-state index < -0.39 is 10.9 Å². The Hall–Kier alpha value is -1.43. The fourth-order valence-electron chi connectivity index (χ4n) is 1.54. The van der Waals surface area contributed by atoms with Crippen LogP contribution in [0.1, 0.15) is 28.4 Å². The van der Waals surface area contributed by atoms with E-state index in [9.17, 15) is 14.9 Å². The number of carbonyl (C=O) groups excluding carboxylic acids is 1. The summed E-state index contributed by atoms with van der Waals surface area (Å²) in [7, 11) is 0. The van der Waals surface area contributed by atoms with Gasteiger partial charge in [-0.1, -0.05) is 15.9 Å². The summed E-state index contributed by atoms with van der Waals surface area (Å²) in [5.74, 6) is -0.662. The number of alkyl halides is 1. The molecule has 0 fully saturated rings. The lowest BCUT2D eigenvalue weighted by Gasteiger charge is -2.07. The van der Waals surface area contributed by atoms with Crippen LogP contribution in [0.4, 0.5) is 5.69 Å². The second-order valence-electron chi connectivity index (χ2n) is 3.43. The van der Waals surface area contributed by atoms with Crippen LogP contribution in [0.3, 0.4) is 0 Å². The number of carbonyl (C=O) groups is 1. The van der Waals surface area contributed by atoms with E-state index in [1.165, 1.54) is 6.07 Å². The molecule has 0 atom stereocenters. The van der Waals surface area contributed by atoms with Crippen LogP contribution in [0.25, 0.3) is 0 Å². The summed E-state index contributed by atoms with van der Waals surface area (Å²) in [5, 5.41) is 11.3. The summed E-state index contributed by atoms with van der Waals surface area (Å²) >= 11 is 3.18. The molecule has 0 aromatic heterocycles. The van der Waals surface area contributed by atoms with E-state index in [-0.39, 0.29) is 17.9 Å². The lowest BCUT2D eigenvalue weighted by atomic mass is 10.0. The predicted molar refractivity (Wildman–Crippen MR) is 66.4 cm³/mol. The molecular formula is C11H12BrNO4. The predicted octanol–water partition coefficient (Wildman–Crippen LogP) is 2.97. The SMILES string of the molecule is CCOC(=O)c1cc(C)cc(CBr)c1[N+](=O)[O-]. The topological polar surface area (TPSA) is 69.4 Å². The van der Waals surface area contributed by atoms with Crippen molar-refractivity contribution in [2.24, 2.45) is 0 Å². The van der Waals surface area contributed by atoms with Crippen LogP contribution in [0.2, 0.25) is 0 Å². The van der Waals surface area contributed by atoms with Crippen molar-refractivity contribution < 1.29 is 14.5 Å². The highest BCUT2D eigenvalue weighted by molar-refractivity contribution is 9.08. The maximum absolute atomic E-state index is 11.6. The third kappa shape index (κ3) is 3.03. The van der Waals surface area contributed by atoms with Gasteiger partial charge in [-0.2, -0.15) is 0 Å². The molecule has 0 radical (unpaired) electrons. The average molecular weight is 302 g/mol. The third-order valence-corrected chi connectivity index (χ3v) is 2.76. The molecule has 1 rings (SSSR count). The first-order valence-electron chi connectivity index (χ1n) is 5.02. The molecule has 0 amide bonds. The molecule has 0 aliphatic rings. The van der Waals surface area contributed by atoms with Crippen molar-refractivity contribution >= 4 is 27.6 Å². The third-order valence-electron chi connectivity index (χ3n) is 2.16. The monoisotopic (exact) mass is 301 g/mol. The van der Waals surface area contributed by atoms with Gasteiger partial charge >= 0.3 is 5.97 Å². The van der Waals surface area contributed by atoms with Crippen molar-refractivity contribution in [1.82, 2.24) is 0 Å².